The number of nitrogens with one attached hydrogen (secondary N) is 1. The quantitative estimate of drug-likeness (QED) is 0.904. The minimum atomic E-state index is -0.493. The maximum Gasteiger partial charge on any atom is 0.408 e. The maximum absolute atomic E-state index is 11.6. The number of aryl methyl sites for hydroxylation is 1. The van der Waals surface area contributed by atoms with Gasteiger partial charge in [0.25, 0.3) is 0 Å². The first kappa shape index (κ1) is 15.0. The van der Waals surface area contributed by atoms with E-state index < -0.39 is 11.7 Å². The summed E-state index contributed by atoms with van der Waals surface area (Å²) in [4.78, 5) is 15.9. The van der Waals surface area contributed by atoms with Crippen LogP contribution in [-0.2, 0) is 4.74 Å². The number of carbonyl (C=O) groups excluding carboxylic acids is 1. The molecular weight excluding hydrogens is 296 g/mol. The first-order valence-corrected chi connectivity index (χ1v) is 6.60. The van der Waals surface area contributed by atoms with Crippen LogP contribution in [0.25, 0.3) is 0 Å². The predicted molar refractivity (Wildman–Crippen MR) is 74.5 cm³/mol. The van der Waals surface area contributed by atoms with Crippen LogP contribution in [0.3, 0.4) is 0 Å². The van der Waals surface area contributed by atoms with Gasteiger partial charge in [-0.2, -0.15) is 0 Å². The molecule has 4 nitrogen and oxygen atoms in total. The fraction of sp³-hybridized carbons (Fsp3) is 0.538. The number of halogens is 1. The fourth-order valence-corrected chi connectivity index (χ4v) is 1.57. The SMILES string of the molecule is Cc1cc(C(C)NC(=O)OC(C)(C)C)ncc1Br. The Balaban J connectivity index is 2.68. The highest BCUT2D eigenvalue weighted by atomic mass is 79.9. The van der Waals surface area contributed by atoms with Crippen LogP contribution >= 0.6 is 15.9 Å². The van der Waals surface area contributed by atoms with Crippen LogP contribution in [0.5, 0.6) is 0 Å². The van der Waals surface area contributed by atoms with Crippen LogP contribution in [0.15, 0.2) is 16.7 Å². The highest BCUT2D eigenvalue weighted by Crippen LogP contribution is 2.19. The molecule has 0 saturated carbocycles. The Kier molecular flexibility index (Phi) is 4.73. The van der Waals surface area contributed by atoms with E-state index in [9.17, 15) is 4.79 Å². The van der Waals surface area contributed by atoms with Gasteiger partial charge in [-0.25, -0.2) is 4.79 Å². The Hall–Kier alpha value is -1.10. The number of pyridine rings is 1. The monoisotopic (exact) mass is 314 g/mol. The number of rotatable bonds is 2. The molecule has 100 valence electrons. The van der Waals surface area contributed by atoms with Gasteiger partial charge in [0.05, 0.1) is 11.7 Å². The summed E-state index contributed by atoms with van der Waals surface area (Å²) < 4.78 is 6.15. The molecule has 0 saturated heterocycles. The van der Waals surface area contributed by atoms with Gasteiger partial charge in [-0.15, -0.1) is 0 Å². The van der Waals surface area contributed by atoms with Crippen LogP contribution in [-0.4, -0.2) is 16.7 Å². The number of aromatic nitrogens is 1. The molecule has 0 aliphatic carbocycles. The van der Waals surface area contributed by atoms with Crippen molar-refractivity contribution in [3.05, 3.63) is 28.0 Å². The van der Waals surface area contributed by atoms with Crippen molar-refractivity contribution in [2.45, 2.75) is 46.3 Å². The third-order valence-electron chi connectivity index (χ3n) is 2.24. The van der Waals surface area contributed by atoms with Gasteiger partial charge in [0.2, 0.25) is 0 Å². The molecule has 1 atom stereocenters. The summed E-state index contributed by atoms with van der Waals surface area (Å²) in [5, 5.41) is 2.76. The van der Waals surface area contributed by atoms with Crippen LogP contribution in [0.2, 0.25) is 0 Å². The topological polar surface area (TPSA) is 51.2 Å². The van der Waals surface area contributed by atoms with E-state index in [1.54, 1.807) is 6.20 Å². The van der Waals surface area contributed by atoms with Crippen molar-refractivity contribution < 1.29 is 9.53 Å². The summed E-state index contributed by atoms with van der Waals surface area (Å²) in [5.74, 6) is 0. The maximum atomic E-state index is 11.6. The standard InChI is InChI=1S/C13H19BrN2O2/c1-8-6-11(15-7-10(8)14)9(2)16-12(17)18-13(3,4)5/h6-7,9H,1-5H3,(H,16,17). The number of hydrogen-bond donors (Lipinski definition) is 1. The van der Waals surface area contributed by atoms with Gasteiger partial charge >= 0.3 is 6.09 Å². The molecule has 0 bridgehead atoms. The lowest BCUT2D eigenvalue weighted by Crippen LogP contribution is -2.34. The Bertz CT molecular complexity index is 441. The molecule has 1 aromatic heterocycles. The molecule has 18 heavy (non-hydrogen) atoms. The first-order chi connectivity index (χ1) is 8.19. The van der Waals surface area contributed by atoms with E-state index in [1.165, 1.54) is 0 Å². The number of carbonyl (C=O) groups is 1. The summed E-state index contributed by atoms with van der Waals surface area (Å²) in [6.07, 6.45) is 1.30. The number of ether oxygens (including phenoxy) is 1. The molecule has 0 aliphatic heterocycles. The lowest BCUT2D eigenvalue weighted by Gasteiger charge is -2.22. The second kappa shape index (κ2) is 5.69. The molecule has 1 N–H and O–H groups in total. The Morgan fingerprint density at radius 1 is 1.50 bits per heavy atom. The largest absolute Gasteiger partial charge is 0.444 e. The summed E-state index contributed by atoms with van der Waals surface area (Å²) >= 11 is 3.39. The molecule has 0 fully saturated rings. The number of hydrogen-bond acceptors (Lipinski definition) is 3. The van der Waals surface area contributed by atoms with E-state index in [1.807, 2.05) is 40.7 Å². The summed E-state index contributed by atoms with van der Waals surface area (Å²) in [6.45, 7) is 9.35. The van der Waals surface area contributed by atoms with Crippen LogP contribution in [0.4, 0.5) is 4.79 Å². The molecule has 1 aromatic rings. The molecule has 1 rings (SSSR count). The van der Waals surface area contributed by atoms with Crippen molar-refractivity contribution in [1.29, 1.82) is 0 Å². The summed E-state index contributed by atoms with van der Waals surface area (Å²) in [5.41, 5.74) is 1.40. The van der Waals surface area contributed by atoms with Gasteiger partial charge in [-0.1, -0.05) is 0 Å². The summed E-state index contributed by atoms with van der Waals surface area (Å²) in [7, 11) is 0. The zero-order valence-electron chi connectivity index (χ0n) is 11.4. The molecule has 0 radical (unpaired) electrons. The van der Waals surface area contributed by atoms with E-state index in [0.29, 0.717) is 0 Å². The van der Waals surface area contributed by atoms with Crippen molar-refractivity contribution in [3.63, 3.8) is 0 Å². The first-order valence-electron chi connectivity index (χ1n) is 5.80. The van der Waals surface area contributed by atoms with Crippen molar-refractivity contribution >= 4 is 22.0 Å². The van der Waals surface area contributed by atoms with Crippen molar-refractivity contribution in [1.82, 2.24) is 10.3 Å². The van der Waals surface area contributed by atoms with Crippen molar-refractivity contribution in [3.8, 4) is 0 Å². The average Bonchev–Trinajstić information content (AvgIpc) is 2.18. The van der Waals surface area contributed by atoms with Gasteiger partial charge in [-0.3, -0.25) is 4.98 Å². The highest BCUT2D eigenvalue weighted by molar-refractivity contribution is 9.10. The normalized spacial score (nSPS) is 13.0. The Morgan fingerprint density at radius 2 is 2.11 bits per heavy atom. The van der Waals surface area contributed by atoms with Gasteiger partial charge in [0.1, 0.15) is 5.60 Å². The smallest absolute Gasteiger partial charge is 0.408 e. The van der Waals surface area contributed by atoms with Crippen molar-refractivity contribution in [2.75, 3.05) is 0 Å². The lowest BCUT2D eigenvalue weighted by molar-refractivity contribution is 0.0507. The molecule has 0 spiro atoms. The minimum absolute atomic E-state index is 0.188. The zero-order valence-corrected chi connectivity index (χ0v) is 13.0. The predicted octanol–water partition coefficient (Wildman–Crippen LogP) is 3.74. The van der Waals surface area contributed by atoms with Gasteiger partial charge in [0.15, 0.2) is 0 Å². The molecule has 1 unspecified atom stereocenters. The number of nitrogens with zero attached hydrogens (tertiary/aromatic N) is 1. The molecule has 5 heteroatoms. The number of alkyl carbamates (subject to hydrolysis) is 1. The average molecular weight is 315 g/mol. The minimum Gasteiger partial charge on any atom is -0.444 e. The second-order valence-electron chi connectivity index (χ2n) is 5.23. The van der Waals surface area contributed by atoms with Gasteiger partial charge < -0.3 is 10.1 Å². The highest BCUT2D eigenvalue weighted by Gasteiger charge is 2.18. The molecule has 1 heterocycles. The fourth-order valence-electron chi connectivity index (χ4n) is 1.36. The molecule has 1 amide bonds. The molecular formula is C13H19BrN2O2. The van der Waals surface area contributed by atoms with Crippen LogP contribution < -0.4 is 5.32 Å². The van der Waals surface area contributed by atoms with E-state index in [-0.39, 0.29) is 6.04 Å². The van der Waals surface area contributed by atoms with Gasteiger partial charge in [-0.05, 0) is 62.2 Å². The van der Waals surface area contributed by atoms with Crippen LogP contribution in [0, 0.1) is 6.92 Å². The third kappa shape index (κ3) is 4.64. The Labute approximate surface area is 116 Å². The van der Waals surface area contributed by atoms with E-state index >= 15 is 0 Å². The molecule has 0 aromatic carbocycles. The van der Waals surface area contributed by atoms with Gasteiger partial charge in [0, 0.05) is 10.7 Å². The van der Waals surface area contributed by atoms with E-state index in [2.05, 4.69) is 26.2 Å². The summed E-state index contributed by atoms with van der Waals surface area (Å²) in [6, 6.07) is 1.75. The van der Waals surface area contributed by atoms with Crippen LogP contribution in [0.1, 0.15) is 45.0 Å². The second-order valence-corrected chi connectivity index (χ2v) is 6.08. The zero-order chi connectivity index (χ0) is 13.9. The Morgan fingerprint density at radius 3 is 2.61 bits per heavy atom. The third-order valence-corrected chi connectivity index (χ3v) is 3.08. The lowest BCUT2D eigenvalue weighted by atomic mass is 10.1. The molecule has 0 aliphatic rings. The van der Waals surface area contributed by atoms with E-state index in [4.69, 9.17) is 4.74 Å². The van der Waals surface area contributed by atoms with Crippen molar-refractivity contribution in [2.24, 2.45) is 0 Å². The van der Waals surface area contributed by atoms with E-state index in [0.717, 1.165) is 15.7 Å². The number of amides is 1.